The molecule has 76 valence electrons. The lowest BCUT2D eigenvalue weighted by Gasteiger charge is -2.09. The maximum Gasteiger partial charge on any atom is 0.319 e. The first-order valence-corrected chi connectivity index (χ1v) is 4.44. The van der Waals surface area contributed by atoms with E-state index >= 15 is 0 Å². The number of rotatable bonds is 2. The molecule has 0 aliphatic rings. The van der Waals surface area contributed by atoms with Gasteiger partial charge in [0.2, 0.25) is 0 Å². The van der Waals surface area contributed by atoms with E-state index in [0.717, 1.165) is 0 Å². The van der Waals surface area contributed by atoms with Crippen LogP contribution in [0.3, 0.4) is 0 Å². The minimum absolute atomic E-state index is 0.104. The highest BCUT2D eigenvalue weighted by Gasteiger charge is 2.02. The van der Waals surface area contributed by atoms with Crippen LogP contribution >= 0.6 is 0 Å². The van der Waals surface area contributed by atoms with Crippen LogP contribution in [0, 0.1) is 0 Å². The van der Waals surface area contributed by atoms with Crippen LogP contribution in [0.25, 0.3) is 0 Å². The molecule has 0 bridgehead atoms. The normalized spacial score (nSPS) is 9.93. The summed E-state index contributed by atoms with van der Waals surface area (Å²) in [4.78, 5) is 11.2. The predicted molar refractivity (Wildman–Crippen MR) is 55.4 cm³/mol. The summed E-state index contributed by atoms with van der Waals surface area (Å²) in [6.07, 6.45) is 0. The fourth-order valence-corrected chi connectivity index (χ4v) is 0.974. The fraction of sp³-hybridized carbons (Fsp3) is 0.300. The molecule has 4 nitrogen and oxygen atoms in total. The molecule has 0 spiro atoms. The summed E-state index contributed by atoms with van der Waals surface area (Å²) < 4.78 is 0. The molecule has 0 radical (unpaired) electrons. The van der Waals surface area contributed by atoms with Gasteiger partial charge < -0.3 is 15.7 Å². The molecule has 1 rings (SSSR count). The first kappa shape index (κ1) is 10.4. The molecule has 0 heterocycles. The number of aromatic hydroxyl groups is 1. The van der Waals surface area contributed by atoms with Crippen LogP contribution in [-0.4, -0.2) is 17.2 Å². The number of phenolic OH excluding ortho intramolecular Hbond substituents is 1. The number of carbonyl (C=O) groups excluding carboxylic acids is 1. The van der Waals surface area contributed by atoms with E-state index in [1.54, 1.807) is 12.1 Å². The van der Waals surface area contributed by atoms with Crippen LogP contribution in [0.2, 0.25) is 0 Å². The van der Waals surface area contributed by atoms with Crippen molar-refractivity contribution in [2.45, 2.75) is 19.9 Å². The van der Waals surface area contributed by atoms with Crippen LogP contribution in [0.4, 0.5) is 10.5 Å². The Kier molecular flexibility index (Phi) is 3.34. The second-order valence-electron chi connectivity index (χ2n) is 3.30. The number of urea groups is 1. The lowest BCUT2D eigenvalue weighted by molar-refractivity contribution is 0.250. The third-order valence-corrected chi connectivity index (χ3v) is 1.54. The maximum atomic E-state index is 11.2. The Hall–Kier alpha value is -1.71. The number of amides is 2. The molecule has 0 aliphatic heterocycles. The van der Waals surface area contributed by atoms with Crippen LogP contribution in [0.1, 0.15) is 13.8 Å². The summed E-state index contributed by atoms with van der Waals surface area (Å²) in [6.45, 7) is 3.77. The number of benzene rings is 1. The van der Waals surface area contributed by atoms with E-state index in [9.17, 15) is 4.79 Å². The van der Waals surface area contributed by atoms with E-state index in [-0.39, 0.29) is 17.8 Å². The first-order chi connectivity index (χ1) is 6.58. The quantitative estimate of drug-likeness (QED) is 0.630. The van der Waals surface area contributed by atoms with E-state index in [4.69, 9.17) is 5.11 Å². The van der Waals surface area contributed by atoms with Crippen molar-refractivity contribution in [1.29, 1.82) is 0 Å². The van der Waals surface area contributed by atoms with Gasteiger partial charge in [-0.1, -0.05) is 0 Å². The van der Waals surface area contributed by atoms with Gasteiger partial charge in [0.05, 0.1) is 0 Å². The molecule has 0 fully saturated rings. The van der Waals surface area contributed by atoms with Gasteiger partial charge in [-0.05, 0) is 38.1 Å². The average molecular weight is 194 g/mol. The predicted octanol–water partition coefficient (Wildman–Crippen LogP) is 1.92. The molecule has 1 aromatic carbocycles. The van der Waals surface area contributed by atoms with E-state index in [2.05, 4.69) is 10.6 Å². The van der Waals surface area contributed by atoms with Gasteiger partial charge in [-0.25, -0.2) is 4.79 Å². The second-order valence-corrected chi connectivity index (χ2v) is 3.30. The standard InChI is InChI=1S/C10H14N2O2/c1-7(2)11-10(14)12-8-3-5-9(13)6-4-8/h3-7,13H,1-2H3,(H2,11,12,14). The molecule has 0 atom stereocenters. The highest BCUT2D eigenvalue weighted by molar-refractivity contribution is 5.89. The summed E-state index contributed by atoms with van der Waals surface area (Å²) in [5, 5.41) is 14.3. The van der Waals surface area contributed by atoms with Crippen LogP contribution < -0.4 is 10.6 Å². The monoisotopic (exact) mass is 194 g/mol. The van der Waals surface area contributed by atoms with Crippen molar-refractivity contribution in [2.24, 2.45) is 0 Å². The number of nitrogens with one attached hydrogen (secondary N) is 2. The van der Waals surface area contributed by atoms with Crippen molar-refractivity contribution in [3.05, 3.63) is 24.3 Å². The van der Waals surface area contributed by atoms with E-state index < -0.39 is 0 Å². The molecular formula is C10H14N2O2. The van der Waals surface area contributed by atoms with Crippen molar-refractivity contribution in [3.63, 3.8) is 0 Å². The van der Waals surface area contributed by atoms with Gasteiger partial charge in [0.25, 0.3) is 0 Å². The van der Waals surface area contributed by atoms with Gasteiger partial charge in [-0.15, -0.1) is 0 Å². The van der Waals surface area contributed by atoms with Crippen molar-refractivity contribution >= 4 is 11.7 Å². The molecule has 0 aromatic heterocycles. The van der Waals surface area contributed by atoms with Gasteiger partial charge in [-0.3, -0.25) is 0 Å². The van der Waals surface area contributed by atoms with Gasteiger partial charge in [0.15, 0.2) is 0 Å². The lowest BCUT2D eigenvalue weighted by Crippen LogP contribution is -2.34. The topological polar surface area (TPSA) is 61.4 Å². The molecule has 14 heavy (non-hydrogen) atoms. The van der Waals surface area contributed by atoms with Crippen molar-refractivity contribution in [1.82, 2.24) is 5.32 Å². The van der Waals surface area contributed by atoms with Crippen molar-refractivity contribution in [2.75, 3.05) is 5.32 Å². The summed E-state index contributed by atoms with van der Waals surface area (Å²) in [7, 11) is 0. The first-order valence-electron chi connectivity index (χ1n) is 4.44. The third kappa shape index (κ3) is 3.35. The number of hydrogen-bond acceptors (Lipinski definition) is 2. The smallest absolute Gasteiger partial charge is 0.319 e. The maximum absolute atomic E-state index is 11.2. The third-order valence-electron chi connectivity index (χ3n) is 1.54. The Morgan fingerprint density at radius 1 is 1.29 bits per heavy atom. The fourth-order valence-electron chi connectivity index (χ4n) is 0.974. The highest BCUT2D eigenvalue weighted by Crippen LogP contribution is 2.13. The van der Waals surface area contributed by atoms with Gasteiger partial charge in [0.1, 0.15) is 5.75 Å². The highest BCUT2D eigenvalue weighted by atomic mass is 16.3. The minimum Gasteiger partial charge on any atom is -0.508 e. The lowest BCUT2D eigenvalue weighted by atomic mass is 10.3. The Balaban J connectivity index is 2.52. The Morgan fingerprint density at radius 2 is 1.86 bits per heavy atom. The second kappa shape index (κ2) is 4.50. The van der Waals surface area contributed by atoms with E-state index in [1.165, 1.54) is 12.1 Å². The zero-order valence-corrected chi connectivity index (χ0v) is 8.24. The summed E-state index contributed by atoms with van der Waals surface area (Å²) in [6, 6.07) is 6.17. The van der Waals surface area contributed by atoms with Gasteiger partial charge in [0, 0.05) is 11.7 Å². The zero-order chi connectivity index (χ0) is 10.6. The summed E-state index contributed by atoms with van der Waals surface area (Å²) in [5.74, 6) is 0.180. The van der Waals surface area contributed by atoms with E-state index in [0.29, 0.717) is 5.69 Å². The molecule has 0 saturated carbocycles. The summed E-state index contributed by atoms with van der Waals surface area (Å²) in [5.41, 5.74) is 0.654. The van der Waals surface area contributed by atoms with Gasteiger partial charge >= 0.3 is 6.03 Å². The Morgan fingerprint density at radius 3 is 2.36 bits per heavy atom. The Bertz CT molecular complexity index is 306. The van der Waals surface area contributed by atoms with Gasteiger partial charge in [-0.2, -0.15) is 0 Å². The van der Waals surface area contributed by atoms with Crippen LogP contribution in [0.15, 0.2) is 24.3 Å². The minimum atomic E-state index is -0.245. The molecule has 0 saturated heterocycles. The molecular weight excluding hydrogens is 180 g/mol. The molecule has 0 aliphatic carbocycles. The largest absolute Gasteiger partial charge is 0.508 e. The Labute approximate surface area is 82.9 Å². The zero-order valence-electron chi connectivity index (χ0n) is 8.24. The number of phenols is 1. The molecule has 4 heteroatoms. The number of hydrogen-bond donors (Lipinski definition) is 3. The number of anilines is 1. The molecule has 2 amide bonds. The van der Waals surface area contributed by atoms with Crippen molar-refractivity contribution in [3.8, 4) is 5.75 Å². The average Bonchev–Trinajstić information content (AvgIpc) is 2.07. The summed E-state index contributed by atoms with van der Waals surface area (Å²) >= 11 is 0. The number of carbonyl (C=O) groups is 1. The van der Waals surface area contributed by atoms with E-state index in [1.807, 2.05) is 13.8 Å². The molecule has 0 unspecified atom stereocenters. The molecule has 3 N–H and O–H groups in total. The van der Waals surface area contributed by atoms with Crippen LogP contribution in [-0.2, 0) is 0 Å². The van der Waals surface area contributed by atoms with Crippen LogP contribution in [0.5, 0.6) is 5.75 Å². The molecule has 1 aromatic rings. The van der Waals surface area contributed by atoms with Crippen molar-refractivity contribution < 1.29 is 9.90 Å². The SMILES string of the molecule is CC(C)NC(=O)Nc1ccc(O)cc1.